The normalized spacial score (nSPS) is 13.9. The molecule has 0 aliphatic carbocycles. The van der Waals surface area contributed by atoms with Crippen LogP contribution in [0.2, 0.25) is 0 Å². The molecule has 0 aromatic carbocycles. The number of hydrogen-bond donors (Lipinski definition) is 0. The Morgan fingerprint density at radius 2 is 2.00 bits per heavy atom. The fraction of sp³-hybridized carbons (Fsp3) is 0.636. The summed E-state index contributed by atoms with van der Waals surface area (Å²) < 4.78 is 22.4. The summed E-state index contributed by atoms with van der Waals surface area (Å²) >= 11 is 1.04. The van der Waals surface area contributed by atoms with Crippen LogP contribution in [0, 0.1) is 6.92 Å². The van der Waals surface area contributed by atoms with Gasteiger partial charge in [0.25, 0.3) is 0 Å². The molecule has 0 spiro atoms. The Morgan fingerprint density at radius 1 is 1.37 bits per heavy atom. The van der Waals surface area contributed by atoms with Crippen LogP contribution in [0.4, 0.5) is 5.95 Å². The van der Waals surface area contributed by atoms with E-state index in [9.17, 15) is 4.57 Å². The molecule has 0 aliphatic heterocycles. The first-order chi connectivity index (χ1) is 8.97. The highest BCUT2D eigenvalue weighted by molar-refractivity contribution is 8.54. The molecule has 0 aliphatic rings. The first kappa shape index (κ1) is 16.3. The average Bonchev–Trinajstić information content (AvgIpc) is 2.39. The number of aromatic nitrogens is 2. The second kappa shape index (κ2) is 7.12. The minimum Gasteiger partial charge on any atom is -0.398 e. The molecule has 108 valence electrons. The monoisotopic (exact) mass is 305 g/mol. The van der Waals surface area contributed by atoms with E-state index in [2.05, 4.69) is 9.97 Å². The van der Waals surface area contributed by atoms with Gasteiger partial charge in [-0.05, 0) is 38.4 Å². The molecule has 1 rings (SSSR count). The Morgan fingerprint density at radius 3 is 2.47 bits per heavy atom. The molecule has 0 amide bonds. The fourth-order valence-electron chi connectivity index (χ4n) is 1.48. The van der Waals surface area contributed by atoms with Crippen molar-refractivity contribution < 1.29 is 13.6 Å². The lowest BCUT2D eigenvalue weighted by molar-refractivity contribution is 0.338. The summed E-state index contributed by atoms with van der Waals surface area (Å²) in [5, 5.41) is 0. The van der Waals surface area contributed by atoms with Crippen LogP contribution in [0.1, 0.15) is 19.5 Å². The van der Waals surface area contributed by atoms with Gasteiger partial charge in [0.05, 0.1) is 0 Å². The number of hydrogen-bond acceptors (Lipinski definition) is 7. The summed E-state index contributed by atoms with van der Waals surface area (Å²) in [5.74, 6) is 0.845. The summed E-state index contributed by atoms with van der Waals surface area (Å²) in [7, 11) is 1.36. The molecule has 0 saturated carbocycles. The van der Waals surface area contributed by atoms with Crippen molar-refractivity contribution in [2.24, 2.45) is 0 Å². The predicted octanol–water partition coefficient (Wildman–Crippen LogP) is 3.13. The number of aryl methyl sites for hydroxylation is 1. The van der Waals surface area contributed by atoms with E-state index in [0.717, 1.165) is 30.2 Å². The van der Waals surface area contributed by atoms with Crippen molar-refractivity contribution in [3.63, 3.8) is 0 Å². The third-order valence-electron chi connectivity index (χ3n) is 2.52. The molecule has 1 unspecified atom stereocenters. The molecule has 0 bridgehead atoms. The summed E-state index contributed by atoms with van der Waals surface area (Å²) in [6, 6.07) is 1.65. The van der Waals surface area contributed by atoms with E-state index >= 15 is 0 Å². The Bertz CT molecular complexity index is 460. The van der Waals surface area contributed by atoms with Crippen molar-refractivity contribution in [3.8, 4) is 5.88 Å². The highest BCUT2D eigenvalue weighted by atomic mass is 32.7. The van der Waals surface area contributed by atoms with Crippen molar-refractivity contribution in [1.29, 1.82) is 0 Å². The molecule has 8 heteroatoms. The van der Waals surface area contributed by atoms with E-state index in [-0.39, 0.29) is 5.88 Å². The van der Waals surface area contributed by atoms with E-state index in [0.29, 0.717) is 5.95 Å². The molecule has 19 heavy (non-hydrogen) atoms. The molecule has 0 radical (unpaired) electrons. The van der Waals surface area contributed by atoms with Crippen LogP contribution < -0.4 is 9.42 Å². The molecule has 0 N–H and O–H groups in total. The Labute approximate surface area is 118 Å². The Balaban J connectivity index is 3.06. The number of anilines is 1. The maximum absolute atomic E-state index is 12.1. The van der Waals surface area contributed by atoms with Gasteiger partial charge in [-0.1, -0.05) is 0 Å². The van der Waals surface area contributed by atoms with Crippen LogP contribution in [0.3, 0.4) is 0 Å². The molecule has 1 aromatic heterocycles. The van der Waals surface area contributed by atoms with Gasteiger partial charge < -0.3 is 9.42 Å². The summed E-state index contributed by atoms with van der Waals surface area (Å²) in [4.78, 5) is 10.6. The summed E-state index contributed by atoms with van der Waals surface area (Å²) in [6.45, 7) is 4.31. The second-order valence-corrected chi connectivity index (χ2v) is 7.97. The molecule has 6 nitrogen and oxygen atoms in total. The van der Waals surface area contributed by atoms with Crippen LogP contribution in [0.25, 0.3) is 0 Å². The van der Waals surface area contributed by atoms with Gasteiger partial charge >= 0.3 is 6.80 Å². The van der Waals surface area contributed by atoms with Gasteiger partial charge in [-0.3, -0.25) is 4.52 Å². The third kappa shape index (κ3) is 4.37. The third-order valence-corrected chi connectivity index (χ3v) is 5.84. The van der Waals surface area contributed by atoms with Crippen molar-refractivity contribution in [2.45, 2.75) is 20.8 Å². The van der Waals surface area contributed by atoms with Gasteiger partial charge in [0, 0.05) is 32.0 Å². The van der Waals surface area contributed by atoms with Crippen molar-refractivity contribution in [2.75, 3.05) is 31.4 Å². The van der Waals surface area contributed by atoms with Gasteiger partial charge in [0.1, 0.15) is 0 Å². The fourth-order valence-corrected chi connectivity index (χ4v) is 3.00. The highest BCUT2D eigenvalue weighted by Gasteiger charge is 2.24. The maximum atomic E-state index is 12.1. The van der Waals surface area contributed by atoms with Crippen molar-refractivity contribution >= 4 is 24.1 Å². The SMILES string of the molecule is CCN(CC)c1nc(C)cc(OP(=O)(OC)SC)n1. The lowest BCUT2D eigenvalue weighted by Gasteiger charge is -2.20. The maximum Gasteiger partial charge on any atom is 0.440 e. The van der Waals surface area contributed by atoms with Crippen molar-refractivity contribution in [3.05, 3.63) is 11.8 Å². The van der Waals surface area contributed by atoms with Gasteiger partial charge in [-0.25, -0.2) is 9.55 Å². The predicted molar refractivity (Wildman–Crippen MR) is 79.1 cm³/mol. The van der Waals surface area contributed by atoms with Gasteiger partial charge in [0.2, 0.25) is 11.8 Å². The molecule has 1 aromatic rings. The molecule has 1 heterocycles. The van der Waals surface area contributed by atoms with Crippen molar-refractivity contribution in [1.82, 2.24) is 9.97 Å². The molecule has 0 fully saturated rings. The van der Waals surface area contributed by atoms with Crippen LogP contribution in [0.15, 0.2) is 6.07 Å². The first-order valence-electron chi connectivity index (χ1n) is 5.99. The van der Waals surface area contributed by atoms with Gasteiger partial charge in [0.15, 0.2) is 0 Å². The van der Waals surface area contributed by atoms with Crippen LogP contribution >= 0.6 is 18.2 Å². The van der Waals surface area contributed by atoms with E-state index in [1.807, 2.05) is 25.7 Å². The van der Waals surface area contributed by atoms with E-state index in [1.54, 1.807) is 12.3 Å². The average molecular weight is 305 g/mol. The Hall–Kier alpha value is -0.780. The lowest BCUT2D eigenvalue weighted by Crippen LogP contribution is -2.24. The Kier molecular flexibility index (Phi) is 6.10. The molecule has 1 atom stereocenters. The van der Waals surface area contributed by atoms with Crippen LogP contribution in [0.5, 0.6) is 5.88 Å². The molecular weight excluding hydrogens is 285 g/mol. The van der Waals surface area contributed by atoms with E-state index in [4.69, 9.17) is 9.05 Å². The lowest BCUT2D eigenvalue weighted by atomic mass is 10.4. The summed E-state index contributed by atoms with van der Waals surface area (Å²) in [6.07, 6.45) is 1.67. The molecule has 0 saturated heterocycles. The quantitative estimate of drug-likeness (QED) is 0.717. The molecular formula is C11H20N3O3PS. The van der Waals surface area contributed by atoms with E-state index < -0.39 is 6.80 Å². The highest BCUT2D eigenvalue weighted by Crippen LogP contribution is 2.57. The standard InChI is InChI=1S/C11H20N3O3PS/c1-6-14(7-2)11-12-9(3)8-10(13-11)17-18(15,16-4)19-5/h8H,6-7H2,1-5H3. The number of nitrogens with zero attached hydrogens (tertiary/aromatic N) is 3. The summed E-state index contributed by atoms with van der Waals surface area (Å²) in [5.41, 5.74) is 0.760. The zero-order chi connectivity index (χ0) is 14.5. The minimum atomic E-state index is -3.18. The largest absolute Gasteiger partial charge is 0.440 e. The zero-order valence-corrected chi connectivity index (χ0v) is 13.6. The van der Waals surface area contributed by atoms with Gasteiger partial charge in [-0.2, -0.15) is 4.98 Å². The first-order valence-corrected chi connectivity index (χ1v) is 9.37. The topological polar surface area (TPSA) is 64.6 Å². The van der Waals surface area contributed by atoms with Gasteiger partial charge in [-0.15, -0.1) is 0 Å². The van der Waals surface area contributed by atoms with Crippen LogP contribution in [-0.4, -0.2) is 36.4 Å². The second-order valence-electron chi connectivity index (χ2n) is 3.72. The smallest absolute Gasteiger partial charge is 0.398 e. The minimum absolute atomic E-state index is 0.272. The van der Waals surface area contributed by atoms with Crippen LogP contribution in [-0.2, 0) is 9.09 Å². The van der Waals surface area contributed by atoms with E-state index in [1.165, 1.54) is 7.11 Å². The number of rotatable bonds is 7. The zero-order valence-electron chi connectivity index (χ0n) is 11.9.